The molecule has 18 heavy (non-hydrogen) atoms. The average molecular weight is 302 g/mol. The molecule has 0 aliphatic rings. The van der Waals surface area contributed by atoms with Crippen LogP contribution in [0.4, 0.5) is 4.39 Å². The Kier molecular flexibility index (Phi) is 2.84. The highest BCUT2D eigenvalue weighted by Gasteiger charge is 2.01. The number of rotatable bonds is 1. The maximum Gasteiger partial charge on any atom is 0.123 e. The number of halogens is 2. The first-order valence-electron chi connectivity index (χ1n) is 5.54. The molecule has 0 spiro atoms. The van der Waals surface area contributed by atoms with Crippen LogP contribution in [0.2, 0.25) is 0 Å². The minimum atomic E-state index is -0.221. The van der Waals surface area contributed by atoms with Crippen molar-refractivity contribution in [2.24, 2.45) is 0 Å². The second kappa shape index (κ2) is 4.50. The van der Waals surface area contributed by atoms with Gasteiger partial charge in [-0.15, -0.1) is 0 Å². The highest BCUT2D eigenvalue weighted by atomic mass is 79.9. The van der Waals surface area contributed by atoms with Gasteiger partial charge in [-0.1, -0.05) is 24.3 Å². The van der Waals surface area contributed by atoms with E-state index in [9.17, 15) is 4.39 Å². The van der Waals surface area contributed by atoms with E-state index in [4.69, 9.17) is 0 Å². The van der Waals surface area contributed by atoms with Gasteiger partial charge < -0.3 is 0 Å². The van der Waals surface area contributed by atoms with Gasteiger partial charge in [0.05, 0.1) is 5.52 Å². The number of benzene rings is 2. The van der Waals surface area contributed by atoms with Gasteiger partial charge in [-0.05, 0) is 51.3 Å². The van der Waals surface area contributed by atoms with Crippen molar-refractivity contribution >= 4 is 26.8 Å². The standard InChI is InChI=1S/C15H9BrFN/c16-13-7-12-2-1-11(8-15(12)18-9-13)10-3-5-14(17)6-4-10/h1-9H. The molecule has 0 fully saturated rings. The van der Waals surface area contributed by atoms with E-state index in [-0.39, 0.29) is 5.82 Å². The summed E-state index contributed by atoms with van der Waals surface area (Å²) in [7, 11) is 0. The van der Waals surface area contributed by atoms with Gasteiger partial charge in [0.15, 0.2) is 0 Å². The average Bonchev–Trinajstić information content (AvgIpc) is 2.39. The number of fused-ring (bicyclic) bond motifs is 1. The quantitative estimate of drug-likeness (QED) is 0.629. The van der Waals surface area contributed by atoms with Crippen molar-refractivity contribution in [3.8, 4) is 11.1 Å². The third-order valence-corrected chi connectivity index (χ3v) is 3.26. The normalized spacial score (nSPS) is 10.8. The summed E-state index contributed by atoms with van der Waals surface area (Å²) in [5.74, 6) is -0.221. The van der Waals surface area contributed by atoms with E-state index in [2.05, 4.69) is 20.9 Å². The molecule has 1 nitrogen and oxygen atoms in total. The molecule has 0 aliphatic heterocycles. The number of aromatic nitrogens is 1. The van der Waals surface area contributed by atoms with Crippen LogP contribution in [-0.2, 0) is 0 Å². The van der Waals surface area contributed by atoms with E-state index in [1.807, 2.05) is 24.3 Å². The zero-order valence-electron chi connectivity index (χ0n) is 9.40. The van der Waals surface area contributed by atoms with Crippen molar-refractivity contribution in [2.75, 3.05) is 0 Å². The Labute approximate surface area is 112 Å². The Hall–Kier alpha value is -1.74. The van der Waals surface area contributed by atoms with Crippen LogP contribution in [0.3, 0.4) is 0 Å². The summed E-state index contributed by atoms with van der Waals surface area (Å²) in [6.07, 6.45) is 1.77. The third-order valence-electron chi connectivity index (χ3n) is 2.83. The van der Waals surface area contributed by atoms with Gasteiger partial charge in [-0.25, -0.2) is 4.39 Å². The molecule has 3 aromatic rings. The second-order valence-electron chi connectivity index (χ2n) is 4.07. The van der Waals surface area contributed by atoms with Crippen molar-refractivity contribution in [3.63, 3.8) is 0 Å². The summed E-state index contributed by atoms with van der Waals surface area (Å²) in [5, 5.41) is 1.08. The van der Waals surface area contributed by atoms with Crippen LogP contribution in [-0.4, -0.2) is 4.98 Å². The summed E-state index contributed by atoms with van der Waals surface area (Å²) < 4.78 is 13.8. The van der Waals surface area contributed by atoms with E-state index in [1.165, 1.54) is 12.1 Å². The predicted molar refractivity (Wildman–Crippen MR) is 74.8 cm³/mol. The van der Waals surface area contributed by atoms with E-state index in [0.29, 0.717) is 0 Å². The van der Waals surface area contributed by atoms with Crippen molar-refractivity contribution in [1.29, 1.82) is 0 Å². The fraction of sp³-hybridized carbons (Fsp3) is 0. The lowest BCUT2D eigenvalue weighted by Crippen LogP contribution is -1.82. The first-order valence-corrected chi connectivity index (χ1v) is 6.33. The summed E-state index contributed by atoms with van der Waals surface area (Å²) in [6.45, 7) is 0. The van der Waals surface area contributed by atoms with Gasteiger partial charge in [-0.2, -0.15) is 0 Å². The highest BCUT2D eigenvalue weighted by Crippen LogP contribution is 2.25. The maximum absolute atomic E-state index is 12.9. The van der Waals surface area contributed by atoms with E-state index >= 15 is 0 Å². The molecule has 1 heterocycles. The molecular weight excluding hydrogens is 293 g/mol. The Bertz CT molecular complexity index is 707. The molecule has 0 saturated heterocycles. The van der Waals surface area contributed by atoms with Crippen LogP contribution < -0.4 is 0 Å². The van der Waals surface area contributed by atoms with Crippen LogP contribution in [0.25, 0.3) is 22.0 Å². The Balaban J connectivity index is 2.13. The monoisotopic (exact) mass is 301 g/mol. The topological polar surface area (TPSA) is 12.9 Å². The molecule has 1 aromatic heterocycles. The Morgan fingerprint density at radius 2 is 1.61 bits per heavy atom. The first kappa shape index (κ1) is 11.4. The summed E-state index contributed by atoms with van der Waals surface area (Å²) >= 11 is 3.40. The minimum absolute atomic E-state index is 0.221. The van der Waals surface area contributed by atoms with Gasteiger partial charge in [0.25, 0.3) is 0 Å². The van der Waals surface area contributed by atoms with E-state index in [0.717, 1.165) is 26.5 Å². The lowest BCUT2D eigenvalue weighted by atomic mass is 10.0. The summed E-state index contributed by atoms with van der Waals surface area (Å²) in [5.41, 5.74) is 2.96. The molecule has 0 saturated carbocycles. The van der Waals surface area contributed by atoms with Crippen molar-refractivity contribution < 1.29 is 4.39 Å². The summed E-state index contributed by atoms with van der Waals surface area (Å²) in [4.78, 5) is 4.36. The SMILES string of the molecule is Fc1ccc(-c2ccc3cc(Br)cnc3c2)cc1. The summed E-state index contributed by atoms with van der Waals surface area (Å²) in [6, 6.07) is 14.6. The van der Waals surface area contributed by atoms with Gasteiger partial charge in [0, 0.05) is 16.1 Å². The van der Waals surface area contributed by atoms with Crippen LogP contribution in [0.5, 0.6) is 0 Å². The molecule has 3 heteroatoms. The lowest BCUT2D eigenvalue weighted by molar-refractivity contribution is 0.628. The molecule has 88 valence electrons. The Morgan fingerprint density at radius 1 is 0.889 bits per heavy atom. The largest absolute Gasteiger partial charge is 0.255 e. The third kappa shape index (κ3) is 2.14. The first-order chi connectivity index (χ1) is 8.72. The maximum atomic E-state index is 12.9. The fourth-order valence-corrected chi connectivity index (χ4v) is 2.27. The molecule has 0 unspecified atom stereocenters. The van der Waals surface area contributed by atoms with Crippen LogP contribution in [0.1, 0.15) is 0 Å². The van der Waals surface area contributed by atoms with Gasteiger partial charge in [-0.3, -0.25) is 4.98 Å². The minimum Gasteiger partial charge on any atom is -0.255 e. The molecule has 0 atom stereocenters. The van der Waals surface area contributed by atoms with E-state index < -0.39 is 0 Å². The van der Waals surface area contributed by atoms with Crippen molar-refractivity contribution in [2.45, 2.75) is 0 Å². The second-order valence-corrected chi connectivity index (χ2v) is 4.98. The van der Waals surface area contributed by atoms with Crippen molar-refractivity contribution in [3.05, 3.63) is 65.0 Å². The molecule has 0 aliphatic carbocycles. The van der Waals surface area contributed by atoms with Gasteiger partial charge >= 0.3 is 0 Å². The molecule has 3 rings (SSSR count). The number of nitrogens with zero attached hydrogens (tertiary/aromatic N) is 1. The van der Waals surface area contributed by atoms with Gasteiger partial charge in [0.1, 0.15) is 5.82 Å². The highest BCUT2D eigenvalue weighted by molar-refractivity contribution is 9.10. The van der Waals surface area contributed by atoms with Gasteiger partial charge in [0.2, 0.25) is 0 Å². The van der Waals surface area contributed by atoms with E-state index in [1.54, 1.807) is 18.3 Å². The molecule has 0 N–H and O–H groups in total. The molecule has 0 amide bonds. The predicted octanol–water partition coefficient (Wildman–Crippen LogP) is 4.80. The zero-order chi connectivity index (χ0) is 12.5. The fourth-order valence-electron chi connectivity index (χ4n) is 1.92. The molecule has 0 radical (unpaired) electrons. The number of hydrogen-bond donors (Lipinski definition) is 0. The van der Waals surface area contributed by atoms with Crippen LogP contribution in [0, 0.1) is 5.82 Å². The Morgan fingerprint density at radius 3 is 2.39 bits per heavy atom. The number of hydrogen-bond acceptors (Lipinski definition) is 1. The van der Waals surface area contributed by atoms with Crippen LogP contribution in [0.15, 0.2) is 59.2 Å². The van der Waals surface area contributed by atoms with Crippen LogP contribution >= 0.6 is 15.9 Å². The molecular formula is C15H9BrFN. The zero-order valence-corrected chi connectivity index (χ0v) is 11.0. The molecule has 0 bridgehead atoms. The van der Waals surface area contributed by atoms with Crippen molar-refractivity contribution in [1.82, 2.24) is 4.98 Å². The molecule has 2 aromatic carbocycles. The lowest BCUT2D eigenvalue weighted by Gasteiger charge is -2.04. The number of pyridine rings is 1. The smallest absolute Gasteiger partial charge is 0.123 e.